The fourth-order valence-electron chi connectivity index (χ4n) is 2.21. The number of hydrogen-bond acceptors (Lipinski definition) is 7. The number of furan rings is 1. The van der Waals surface area contributed by atoms with Gasteiger partial charge in [-0.2, -0.15) is 18.2 Å². The number of alkyl halides is 3. The Bertz CT molecular complexity index is 871. The van der Waals surface area contributed by atoms with Crippen LogP contribution in [0.5, 0.6) is 0 Å². The van der Waals surface area contributed by atoms with E-state index in [2.05, 4.69) is 15.1 Å². The minimum atomic E-state index is -4.98. The summed E-state index contributed by atoms with van der Waals surface area (Å²) >= 11 is 1.39. The molecule has 0 bridgehead atoms. The van der Waals surface area contributed by atoms with Crippen LogP contribution in [0.3, 0.4) is 0 Å². The highest BCUT2D eigenvalue weighted by atomic mass is 32.1. The highest BCUT2D eigenvalue weighted by Crippen LogP contribution is 2.42. The summed E-state index contributed by atoms with van der Waals surface area (Å²) in [7, 11) is 0. The van der Waals surface area contributed by atoms with Crippen LogP contribution in [0.15, 0.2) is 26.5 Å². The van der Waals surface area contributed by atoms with Crippen molar-refractivity contribution in [3.63, 3.8) is 0 Å². The molecule has 10 heteroatoms. The summed E-state index contributed by atoms with van der Waals surface area (Å²) in [6.07, 6.45) is -5.19. The molecule has 0 aliphatic heterocycles. The molecule has 0 fully saturated rings. The molecule has 0 spiro atoms. The van der Waals surface area contributed by atoms with Crippen LogP contribution >= 0.6 is 11.3 Å². The third-order valence-corrected chi connectivity index (χ3v) is 4.57. The monoisotopic (exact) mass is 373 g/mol. The van der Waals surface area contributed by atoms with E-state index in [1.54, 1.807) is 5.38 Å². The van der Waals surface area contributed by atoms with Gasteiger partial charge >= 0.3 is 6.18 Å². The van der Waals surface area contributed by atoms with Crippen molar-refractivity contribution in [1.82, 2.24) is 15.1 Å². The van der Waals surface area contributed by atoms with Gasteiger partial charge in [-0.3, -0.25) is 0 Å². The Morgan fingerprint density at radius 3 is 2.56 bits per heavy atom. The zero-order chi connectivity index (χ0) is 18.2. The highest BCUT2D eigenvalue weighted by Gasteiger charge is 2.58. The second-order valence-corrected chi connectivity index (χ2v) is 6.38. The van der Waals surface area contributed by atoms with Crippen molar-refractivity contribution >= 4 is 11.3 Å². The van der Waals surface area contributed by atoms with Gasteiger partial charge < -0.3 is 14.0 Å². The molecule has 3 aromatic rings. The maximum Gasteiger partial charge on any atom is 0.425 e. The summed E-state index contributed by atoms with van der Waals surface area (Å²) in [4.78, 5) is 8.16. The topological polar surface area (TPSA) is 85.2 Å². The molecular weight excluding hydrogens is 359 g/mol. The minimum absolute atomic E-state index is 0.00565. The van der Waals surface area contributed by atoms with E-state index < -0.39 is 24.0 Å². The van der Waals surface area contributed by atoms with Crippen molar-refractivity contribution in [3.05, 3.63) is 39.9 Å². The van der Waals surface area contributed by atoms with Crippen molar-refractivity contribution < 1.29 is 27.2 Å². The van der Waals surface area contributed by atoms with E-state index in [4.69, 9.17) is 8.94 Å². The standard InChI is InChI=1S/C15H14F3N3O3S/c1-3-12-19-9(7-25-12)13-20-11(21-24-13)6-14(22,15(16,17)18)10-5-4-8(2)23-10/h4-5,7,22H,3,6H2,1-2H3. The van der Waals surface area contributed by atoms with Gasteiger partial charge in [0, 0.05) is 5.38 Å². The third-order valence-electron chi connectivity index (χ3n) is 3.57. The smallest absolute Gasteiger partial charge is 0.425 e. The number of hydrogen-bond donors (Lipinski definition) is 1. The average Bonchev–Trinajstić information content (AvgIpc) is 3.25. The molecule has 0 saturated heterocycles. The lowest BCUT2D eigenvalue weighted by Crippen LogP contribution is -2.44. The Morgan fingerprint density at radius 1 is 1.24 bits per heavy atom. The second kappa shape index (κ2) is 6.26. The van der Waals surface area contributed by atoms with E-state index in [-0.39, 0.29) is 17.5 Å². The first-order valence-corrected chi connectivity index (χ1v) is 8.24. The molecule has 3 aromatic heterocycles. The van der Waals surface area contributed by atoms with Crippen LogP contribution in [0.25, 0.3) is 11.6 Å². The minimum Gasteiger partial charge on any atom is -0.463 e. The zero-order valence-corrected chi connectivity index (χ0v) is 14.1. The number of rotatable bonds is 5. The van der Waals surface area contributed by atoms with Crippen molar-refractivity contribution in [2.45, 2.75) is 38.5 Å². The molecule has 0 aliphatic rings. The van der Waals surface area contributed by atoms with Crippen molar-refractivity contribution in [3.8, 4) is 11.6 Å². The highest BCUT2D eigenvalue weighted by molar-refractivity contribution is 7.09. The number of nitrogens with zero attached hydrogens (tertiary/aromatic N) is 3. The molecule has 0 radical (unpaired) electrons. The van der Waals surface area contributed by atoms with Gasteiger partial charge in [-0.25, -0.2) is 4.98 Å². The van der Waals surface area contributed by atoms with Gasteiger partial charge in [0.15, 0.2) is 5.82 Å². The normalized spacial score (nSPS) is 14.6. The van der Waals surface area contributed by atoms with E-state index >= 15 is 0 Å². The molecule has 25 heavy (non-hydrogen) atoms. The first-order valence-electron chi connectivity index (χ1n) is 7.36. The van der Waals surface area contributed by atoms with Crippen molar-refractivity contribution in [2.75, 3.05) is 0 Å². The predicted octanol–water partition coefficient (Wildman–Crippen LogP) is 3.65. The Morgan fingerprint density at radius 2 is 2.00 bits per heavy atom. The van der Waals surface area contributed by atoms with E-state index in [1.807, 2.05) is 6.92 Å². The Kier molecular flexibility index (Phi) is 4.41. The Balaban J connectivity index is 1.91. The molecule has 0 amide bonds. The number of aliphatic hydroxyl groups is 1. The summed E-state index contributed by atoms with van der Waals surface area (Å²) in [6, 6.07) is 2.42. The van der Waals surface area contributed by atoms with Crippen LogP contribution in [0, 0.1) is 6.92 Å². The van der Waals surface area contributed by atoms with Crippen LogP contribution in [-0.4, -0.2) is 26.4 Å². The summed E-state index contributed by atoms with van der Waals surface area (Å²) in [5.41, 5.74) is -2.86. The average molecular weight is 373 g/mol. The van der Waals surface area contributed by atoms with Crippen LogP contribution in [0.1, 0.15) is 29.3 Å². The number of halogens is 3. The van der Waals surface area contributed by atoms with Gasteiger partial charge in [-0.15, -0.1) is 11.3 Å². The van der Waals surface area contributed by atoms with Gasteiger partial charge in [0.05, 0.1) is 11.4 Å². The quantitative estimate of drug-likeness (QED) is 0.735. The fourth-order valence-corrected chi connectivity index (χ4v) is 2.93. The molecule has 0 saturated carbocycles. The summed E-state index contributed by atoms with van der Waals surface area (Å²) in [5.74, 6) is -0.659. The molecule has 1 atom stereocenters. The predicted molar refractivity (Wildman–Crippen MR) is 81.9 cm³/mol. The molecule has 0 aliphatic carbocycles. The number of aryl methyl sites for hydroxylation is 2. The lowest BCUT2D eigenvalue weighted by molar-refractivity contribution is -0.273. The molecule has 134 valence electrons. The summed E-state index contributed by atoms with van der Waals surface area (Å²) < 4.78 is 50.3. The lowest BCUT2D eigenvalue weighted by Gasteiger charge is -2.27. The maximum atomic E-state index is 13.5. The lowest BCUT2D eigenvalue weighted by atomic mass is 9.95. The van der Waals surface area contributed by atoms with Crippen LogP contribution < -0.4 is 0 Å². The van der Waals surface area contributed by atoms with Gasteiger partial charge in [-0.1, -0.05) is 12.1 Å². The summed E-state index contributed by atoms with van der Waals surface area (Å²) in [6.45, 7) is 3.41. The van der Waals surface area contributed by atoms with Crippen molar-refractivity contribution in [1.29, 1.82) is 0 Å². The molecule has 3 heterocycles. The number of aromatic nitrogens is 3. The largest absolute Gasteiger partial charge is 0.463 e. The van der Waals surface area contributed by atoms with Crippen molar-refractivity contribution in [2.24, 2.45) is 0 Å². The third kappa shape index (κ3) is 3.31. The van der Waals surface area contributed by atoms with Crippen LogP contribution in [-0.2, 0) is 18.4 Å². The van der Waals surface area contributed by atoms with Gasteiger partial charge in [0.2, 0.25) is 5.60 Å². The van der Waals surface area contributed by atoms with E-state index in [0.29, 0.717) is 5.69 Å². The van der Waals surface area contributed by atoms with Gasteiger partial charge in [0.25, 0.3) is 5.89 Å². The first kappa shape index (κ1) is 17.6. The molecule has 0 aromatic carbocycles. The Hall–Kier alpha value is -2.20. The van der Waals surface area contributed by atoms with E-state index in [0.717, 1.165) is 17.5 Å². The molecule has 1 N–H and O–H groups in total. The number of thiazole rings is 1. The summed E-state index contributed by atoms with van der Waals surface area (Å²) in [5, 5.41) is 16.3. The molecule has 3 rings (SSSR count). The SMILES string of the molecule is CCc1nc(-c2nc(CC(O)(c3ccc(C)o3)C(F)(F)F)no2)cs1. The fraction of sp³-hybridized carbons (Fsp3) is 0.400. The van der Waals surface area contributed by atoms with Gasteiger partial charge in [0.1, 0.15) is 17.2 Å². The maximum absolute atomic E-state index is 13.5. The molecule has 6 nitrogen and oxygen atoms in total. The second-order valence-electron chi connectivity index (χ2n) is 5.44. The molecular formula is C15H14F3N3O3S. The Labute approximate surface area is 144 Å². The van der Waals surface area contributed by atoms with Gasteiger partial charge in [-0.05, 0) is 25.5 Å². The van der Waals surface area contributed by atoms with E-state index in [1.165, 1.54) is 24.3 Å². The van der Waals surface area contributed by atoms with E-state index in [9.17, 15) is 18.3 Å². The van der Waals surface area contributed by atoms with Crippen LogP contribution in [0.2, 0.25) is 0 Å². The first-order chi connectivity index (χ1) is 11.7. The molecule has 1 unspecified atom stereocenters. The van der Waals surface area contributed by atoms with Crippen LogP contribution in [0.4, 0.5) is 13.2 Å². The zero-order valence-electron chi connectivity index (χ0n) is 13.3.